The van der Waals surface area contributed by atoms with Crippen molar-refractivity contribution >= 4 is 0 Å². The highest BCUT2D eigenvalue weighted by atomic mass is 16.5. The van der Waals surface area contributed by atoms with Gasteiger partial charge < -0.3 is 4.74 Å². The second kappa shape index (κ2) is 13.4. The highest BCUT2D eigenvalue weighted by Crippen LogP contribution is 2.36. The maximum atomic E-state index is 6.27. The minimum atomic E-state index is 0.957. The largest absolute Gasteiger partial charge is 0.457 e. The number of hydrogen-bond donors (Lipinski definition) is 0. The molecule has 0 saturated heterocycles. The Labute approximate surface area is 163 Å². The average Bonchev–Trinajstić information content (AvgIpc) is 2.70. The van der Waals surface area contributed by atoms with Gasteiger partial charge in [-0.25, -0.2) is 0 Å². The van der Waals surface area contributed by atoms with Gasteiger partial charge in [-0.3, -0.25) is 0 Å². The van der Waals surface area contributed by atoms with E-state index in [-0.39, 0.29) is 0 Å². The fraction of sp³-hybridized carbons (Fsp3) is 0.520. The van der Waals surface area contributed by atoms with Crippen LogP contribution in [0.5, 0.6) is 11.5 Å². The van der Waals surface area contributed by atoms with Gasteiger partial charge in [0, 0.05) is 0 Å². The molecule has 2 rings (SSSR count). The Morgan fingerprint density at radius 2 is 0.885 bits per heavy atom. The molecule has 0 saturated carbocycles. The first-order chi connectivity index (χ1) is 12.3. The Hall–Kier alpha value is -1.76. The summed E-state index contributed by atoms with van der Waals surface area (Å²) in [5.41, 5.74) is 8.98. The number of rotatable bonds is 2. The zero-order chi connectivity index (χ0) is 21.0. The Kier molecular flexibility index (Phi) is 13.7. The molecule has 0 bridgehead atoms. The molecule has 2 aromatic carbocycles. The third kappa shape index (κ3) is 6.20. The molecule has 0 atom stereocenters. The second-order valence-electron chi connectivity index (χ2n) is 5.75. The van der Waals surface area contributed by atoms with Crippen LogP contribution < -0.4 is 4.74 Å². The summed E-state index contributed by atoms with van der Waals surface area (Å²) < 4.78 is 6.27. The fourth-order valence-electron chi connectivity index (χ4n) is 2.56. The van der Waals surface area contributed by atoms with Crippen molar-refractivity contribution in [3.8, 4) is 11.5 Å². The first-order valence-corrected chi connectivity index (χ1v) is 10.2. The van der Waals surface area contributed by atoms with E-state index in [9.17, 15) is 0 Å². The van der Waals surface area contributed by atoms with Gasteiger partial charge in [0.15, 0.2) is 0 Å². The van der Waals surface area contributed by atoms with Crippen LogP contribution in [0.3, 0.4) is 0 Å². The Bertz CT molecular complexity index is 637. The molecule has 2 aromatic rings. The van der Waals surface area contributed by atoms with Crippen LogP contribution in [-0.2, 0) is 0 Å². The summed E-state index contributed by atoms with van der Waals surface area (Å²) >= 11 is 0. The first kappa shape index (κ1) is 26.5. The van der Waals surface area contributed by atoms with Gasteiger partial charge in [-0.05, 0) is 93.5 Å². The Morgan fingerprint density at radius 1 is 0.500 bits per heavy atom. The Balaban J connectivity index is 0. The fourth-order valence-corrected chi connectivity index (χ4v) is 2.56. The third-order valence-electron chi connectivity index (χ3n) is 4.70. The molecule has 0 spiro atoms. The average molecular weight is 359 g/mol. The summed E-state index contributed by atoms with van der Waals surface area (Å²) in [5, 5.41) is 0. The molecule has 0 N–H and O–H groups in total. The molecular formula is C25H42O. The maximum absolute atomic E-state index is 6.27. The lowest BCUT2D eigenvalue weighted by molar-refractivity contribution is 0.469. The Morgan fingerprint density at radius 3 is 1.31 bits per heavy atom. The van der Waals surface area contributed by atoms with Gasteiger partial charge >= 0.3 is 0 Å². The van der Waals surface area contributed by atoms with Gasteiger partial charge in [0.1, 0.15) is 11.5 Å². The van der Waals surface area contributed by atoms with Crippen LogP contribution in [0.4, 0.5) is 0 Å². The normalized spacial score (nSPS) is 8.96. The molecule has 1 nitrogen and oxygen atoms in total. The van der Waals surface area contributed by atoms with E-state index in [1.165, 1.54) is 38.9 Å². The molecule has 0 aliphatic carbocycles. The van der Waals surface area contributed by atoms with Crippen molar-refractivity contribution < 1.29 is 4.74 Å². The molecule has 0 fully saturated rings. The zero-order valence-corrected chi connectivity index (χ0v) is 19.6. The molecule has 0 amide bonds. The van der Waals surface area contributed by atoms with Gasteiger partial charge in [-0.2, -0.15) is 0 Å². The zero-order valence-electron chi connectivity index (χ0n) is 19.6. The summed E-state index contributed by atoms with van der Waals surface area (Å²) in [5.74, 6) is 1.97. The van der Waals surface area contributed by atoms with E-state index in [2.05, 4.69) is 60.6 Å². The summed E-state index contributed by atoms with van der Waals surface area (Å²) in [6, 6.07) is 6.22. The smallest absolute Gasteiger partial charge is 0.133 e. The minimum absolute atomic E-state index is 0.957. The van der Waals surface area contributed by atoms with Crippen LogP contribution in [0, 0.1) is 48.5 Å². The number of hydrogen-bond acceptors (Lipinski definition) is 1. The topological polar surface area (TPSA) is 9.23 Å². The quantitative estimate of drug-likeness (QED) is 0.521. The lowest BCUT2D eigenvalue weighted by Crippen LogP contribution is -2.01. The predicted molar refractivity (Wildman–Crippen MR) is 120 cm³/mol. The number of benzene rings is 2. The van der Waals surface area contributed by atoms with Gasteiger partial charge in [0.05, 0.1) is 0 Å². The molecule has 0 unspecified atom stereocenters. The first-order valence-electron chi connectivity index (χ1n) is 10.2. The van der Waals surface area contributed by atoms with E-state index in [0.29, 0.717) is 0 Å². The molecule has 1 heteroatoms. The van der Waals surface area contributed by atoms with E-state index in [4.69, 9.17) is 4.74 Å². The lowest BCUT2D eigenvalue weighted by atomic mass is 9.94. The number of aryl methyl sites for hydroxylation is 1. The van der Waals surface area contributed by atoms with Gasteiger partial charge in [-0.1, -0.05) is 53.7 Å². The van der Waals surface area contributed by atoms with Crippen molar-refractivity contribution in [2.75, 3.05) is 0 Å². The predicted octanol–water partition coefficient (Wildman–Crippen LogP) is 8.72. The second-order valence-corrected chi connectivity index (χ2v) is 5.75. The van der Waals surface area contributed by atoms with Crippen LogP contribution in [0.2, 0.25) is 0 Å². The molecule has 0 heterocycles. The van der Waals surface area contributed by atoms with Gasteiger partial charge in [0.25, 0.3) is 0 Å². The van der Waals surface area contributed by atoms with E-state index in [0.717, 1.165) is 11.5 Å². The highest BCUT2D eigenvalue weighted by Gasteiger charge is 2.15. The molecule has 0 aliphatic rings. The van der Waals surface area contributed by atoms with Gasteiger partial charge in [0.2, 0.25) is 0 Å². The van der Waals surface area contributed by atoms with Crippen molar-refractivity contribution in [1.82, 2.24) is 0 Å². The lowest BCUT2D eigenvalue weighted by Gasteiger charge is -2.20. The molecular weight excluding hydrogens is 316 g/mol. The van der Waals surface area contributed by atoms with Crippen LogP contribution in [0.15, 0.2) is 18.2 Å². The molecule has 0 aliphatic heterocycles. The van der Waals surface area contributed by atoms with E-state index in [1.54, 1.807) is 0 Å². The van der Waals surface area contributed by atoms with E-state index >= 15 is 0 Å². The standard InChI is InChI=1S/C19H24O.3C2H6/c1-11-9-8-10-18(12(11)2)20-19-16(6)14(4)13(3)15(5)17(19)7;3*1-2/h8-10H,1-7H3;3*1-2H3. The van der Waals surface area contributed by atoms with Crippen LogP contribution >= 0.6 is 0 Å². The maximum Gasteiger partial charge on any atom is 0.133 e. The molecule has 0 aromatic heterocycles. The summed E-state index contributed by atoms with van der Waals surface area (Å²) in [6.45, 7) is 27.1. The summed E-state index contributed by atoms with van der Waals surface area (Å²) in [6.07, 6.45) is 0. The third-order valence-corrected chi connectivity index (χ3v) is 4.70. The molecule has 0 radical (unpaired) electrons. The minimum Gasteiger partial charge on any atom is -0.457 e. The van der Waals surface area contributed by atoms with Crippen molar-refractivity contribution in [2.24, 2.45) is 0 Å². The van der Waals surface area contributed by atoms with Crippen LogP contribution in [0.25, 0.3) is 0 Å². The van der Waals surface area contributed by atoms with Crippen molar-refractivity contribution in [2.45, 2.75) is 90.0 Å². The number of ether oxygens (including phenoxy) is 1. The van der Waals surface area contributed by atoms with Crippen molar-refractivity contribution in [1.29, 1.82) is 0 Å². The van der Waals surface area contributed by atoms with E-state index < -0.39 is 0 Å². The SMILES string of the molecule is CC.CC.CC.Cc1cccc(Oc2c(C)c(C)c(C)c(C)c2C)c1C. The molecule has 148 valence electrons. The highest BCUT2D eigenvalue weighted by molar-refractivity contribution is 5.55. The van der Waals surface area contributed by atoms with Crippen molar-refractivity contribution in [3.63, 3.8) is 0 Å². The van der Waals surface area contributed by atoms with Gasteiger partial charge in [-0.15, -0.1) is 0 Å². The van der Waals surface area contributed by atoms with Crippen LogP contribution in [0.1, 0.15) is 80.5 Å². The van der Waals surface area contributed by atoms with Crippen molar-refractivity contribution in [3.05, 3.63) is 57.1 Å². The van der Waals surface area contributed by atoms with E-state index in [1.807, 2.05) is 47.6 Å². The summed E-state index contributed by atoms with van der Waals surface area (Å²) in [7, 11) is 0. The monoisotopic (exact) mass is 358 g/mol. The molecule has 26 heavy (non-hydrogen) atoms. The van der Waals surface area contributed by atoms with Crippen LogP contribution in [-0.4, -0.2) is 0 Å². The summed E-state index contributed by atoms with van der Waals surface area (Å²) in [4.78, 5) is 0.